The number of nitrogens with one attached hydrogen (secondary N) is 1. The predicted molar refractivity (Wildman–Crippen MR) is 65.3 cm³/mol. The van der Waals surface area contributed by atoms with Crippen molar-refractivity contribution in [3.8, 4) is 0 Å². The van der Waals surface area contributed by atoms with E-state index in [-0.39, 0.29) is 12.4 Å². The third-order valence-corrected chi connectivity index (χ3v) is 2.87. The first-order valence-electron chi connectivity index (χ1n) is 5.43. The lowest BCUT2D eigenvalue weighted by Gasteiger charge is -2.00. The number of rotatable bonds is 0. The zero-order valence-corrected chi connectivity index (χ0v) is 10.5. The van der Waals surface area contributed by atoms with Gasteiger partial charge in [-0.1, -0.05) is 12.1 Å². The van der Waals surface area contributed by atoms with Gasteiger partial charge in [-0.2, -0.15) is 0 Å². The first-order chi connectivity index (χ1) is 7.74. The van der Waals surface area contributed by atoms with E-state index >= 15 is 0 Å². The number of halogens is 1. The molecule has 0 spiro atoms. The first-order valence-corrected chi connectivity index (χ1v) is 5.43. The largest absolute Gasteiger partial charge is 1.00 e. The first kappa shape index (κ1) is 11.8. The lowest BCUT2D eigenvalue weighted by molar-refractivity contribution is -0.353. The van der Waals surface area contributed by atoms with Crippen LogP contribution in [0.4, 0.5) is 0 Å². The van der Waals surface area contributed by atoms with Gasteiger partial charge in [0.25, 0.3) is 0 Å². The van der Waals surface area contributed by atoms with Crippen molar-refractivity contribution in [1.82, 2.24) is 4.98 Å². The van der Waals surface area contributed by atoms with Crippen molar-refractivity contribution in [2.45, 2.75) is 13.8 Å². The number of nitrogens with zero attached hydrogens (tertiary/aromatic N) is 1. The fraction of sp³-hybridized carbons (Fsp3) is 0.143. The molecule has 0 saturated carbocycles. The molecule has 0 bridgehead atoms. The second kappa shape index (κ2) is 4.30. The standard InChI is InChI=1S/C14H12N2.ClH/c1-9-3-5-11-7-8-12-6-4-10(2)16-14(12)13(11)15-9;/h3-8H,1-2H3;1H. The number of aromatic nitrogens is 2. The SMILES string of the molecule is Cc1ccc2ccc3ccc(C)[nH+]c3c2n1.[Cl-]. The lowest BCUT2D eigenvalue weighted by atomic mass is 10.1. The topological polar surface area (TPSA) is 27.0 Å². The molecule has 0 unspecified atom stereocenters. The summed E-state index contributed by atoms with van der Waals surface area (Å²) in [6.45, 7) is 4.09. The molecule has 1 N–H and O–H groups in total. The third kappa shape index (κ3) is 1.96. The summed E-state index contributed by atoms with van der Waals surface area (Å²) in [5, 5.41) is 2.39. The molecule has 86 valence electrons. The van der Waals surface area contributed by atoms with E-state index in [4.69, 9.17) is 0 Å². The quantitative estimate of drug-likeness (QED) is 0.504. The smallest absolute Gasteiger partial charge is 0.237 e. The minimum Gasteiger partial charge on any atom is -1.00 e. The number of H-pyrrole nitrogens is 1. The summed E-state index contributed by atoms with van der Waals surface area (Å²) in [5.41, 5.74) is 4.39. The van der Waals surface area contributed by atoms with E-state index in [9.17, 15) is 0 Å². The van der Waals surface area contributed by atoms with E-state index in [1.165, 1.54) is 10.8 Å². The fourth-order valence-electron chi connectivity index (χ4n) is 2.03. The van der Waals surface area contributed by atoms with Crippen LogP contribution < -0.4 is 17.4 Å². The molecule has 1 aromatic carbocycles. The molecular weight excluding hydrogens is 232 g/mol. The Hall–Kier alpha value is -1.67. The zero-order valence-electron chi connectivity index (χ0n) is 9.79. The van der Waals surface area contributed by atoms with Gasteiger partial charge in [-0.15, -0.1) is 0 Å². The van der Waals surface area contributed by atoms with Crippen molar-refractivity contribution in [2.24, 2.45) is 0 Å². The van der Waals surface area contributed by atoms with Crippen LogP contribution in [0.15, 0.2) is 36.4 Å². The maximum atomic E-state index is 4.61. The Morgan fingerprint density at radius 3 is 2.35 bits per heavy atom. The van der Waals surface area contributed by atoms with Gasteiger partial charge in [0.1, 0.15) is 5.52 Å². The molecule has 0 aliphatic rings. The Labute approximate surface area is 106 Å². The van der Waals surface area contributed by atoms with E-state index in [2.05, 4.69) is 47.2 Å². The second-order valence-electron chi connectivity index (χ2n) is 4.20. The van der Waals surface area contributed by atoms with Gasteiger partial charge in [0.15, 0.2) is 5.69 Å². The molecule has 3 rings (SSSR count). The summed E-state index contributed by atoms with van der Waals surface area (Å²) in [5.74, 6) is 0. The Kier molecular flexibility index (Phi) is 2.99. The molecule has 0 aliphatic carbocycles. The summed E-state index contributed by atoms with van der Waals surface area (Å²) in [7, 11) is 0. The number of aryl methyl sites for hydroxylation is 2. The summed E-state index contributed by atoms with van der Waals surface area (Å²) >= 11 is 0. The van der Waals surface area contributed by atoms with E-state index in [0.717, 1.165) is 22.4 Å². The minimum absolute atomic E-state index is 0. The Morgan fingerprint density at radius 1 is 0.882 bits per heavy atom. The van der Waals surface area contributed by atoms with Crippen LogP contribution in [0.2, 0.25) is 0 Å². The molecule has 2 aromatic heterocycles. The number of pyridine rings is 2. The predicted octanol–water partition coefficient (Wildman–Crippen LogP) is -0.177. The molecule has 17 heavy (non-hydrogen) atoms. The number of fused-ring (bicyclic) bond motifs is 3. The van der Waals surface area contributed by atoms with Crippen LogP contribution in [0.5, 0.6) is 0 Å². The van der Waals surface area contributed by atoms with Crippen LogP contribution in [0.25, 0.3) is 21.8 Å². The van der Waals surface area contributed by atoms with Crippen molar-refractivity contribution < 1.29 is 17.4 Å². The van der Waals surface area contributed by atoms with E-state index < -0.39 is 0 Å². The Bertz CT molecular complexity index is 631. The zero-order chi connectivity index (χ0) is 11.1. The molecule has 0 fully saturated rings. The molecule has 2 heterocycles. The molecule has 0 radical (unpaired) electrons. The molecule has 0 amide bonds. The van der Waals surface area contributed by atoms with Crippen molar-refractivity contribution in [2.75, 3.05) is 0 Å². The monoisotopic (exact) mass is 244 g/mol. The van der Waals surface area contributed by atoms with Gasteiger partial charge in [-0.3, -0.25) is 0 Å². The van der Waals surface area contributed by atoms with E-state index in [1.54, 1.807) is 0 Å². The lowest BCUT2D eigenvalue weighted by Crippen LogP contribution is -3.00. The van der Waals surface area contributed by atoms with Crippen LogP contribution in [0.3, 0.4) is 0 Å². The highest BCUT2D eigenvalue weighted by Crippen LogP contribution is 2.20. The number of hydrogen-bond acceptors (Lipinski definition) is 1. The average Bonchev–Trinajstić information content (AvgIpc) is 2.29. The highest BCUT2D eigenvalue weighted by molar-refractivity contribution is 6.00. The molecule has 0 aliphatic heterocycles. The maximum absolute atomic E-state index is 4.61. The number of hydrogen-bond donors (Lipinski definition) is 0. The molecule has 0 saturated heterocycles. The van der Waals surface area contributed by atoms with Gasteiger partial charge in [0, 0.05) is 29.5 Å². The minimum atomic E-state index is 0. The summed E-state index contributed by atoms with van der Waals surface area (Å²) in [6.07, 6.45) is 0. The highest BCUT2D eigenvalue weighted by atomic mass is 35.5. The Balaban J connectivity index is 0.00000108. The molecule has 0 atom stereocenters. The third-order valence-electron chi connectivity index (χ3n) is 2.87. The van der Waals surface area contributed by atoms with Gasteiger partial charge in [0.2, 0.25) is 5.52 Å². The number of benzene rings is 1. The van der Waals surface area contributed by atoms with Crippen molar-refractivity contribution in [3.63, 3.8) is 0 Å². The summed E-state index contributed by atoms with van der Waals surface area (Å²) in [6, 6.07) is 12.6. The van der Waals surface area contributed by atoms with Gasteiger partial charge >= 0.3 is 0 Å². The maximum Gasteiger partial charge on any atom is 0.237 e. The van der Waals surface area contributed by atoms with Crippen LogP contribution in [0.1, 0.15) is 11.4 Å². The fourth-order valence-corrected chi connectivity index (χ4v) is 2.03. The van der Waals surface area contributed by atoms with Crippen LogP contribution in [-0.2, 0) is 0 Å². The molecule has 2 nitrogen and oxygen atoms in total. The van der Waals surface area contributed by atoms with Crippen molar-refractivity contribution >= 4 is 21.8 Å². The van der Waals surface area contributed by atoms with Gasteiger partial charge in [0.05, 0.1) is 0 Å². The number of aromatic amines is 1. The second-order valence-corrected chi connectivity index (χ2v) is 4.20. The van der Waals surface area contributed by atoms with E-state index in [1.807, 2.05) is 13.0 Å². The Morgan fingerprint density at radius 2 is 1.53 bits per heavy atom. The summed E-state index contributed by atoms with van der Waals surface area (Å²) in [4.78, 5) is 8.01. The van der Waals surface area contributed by atoms with Crippen LogP contribution in [0, 0.1) is 13.8 Å². The van der Waals surface area contributed by atoms with E-state index in [0.29, 0.717) is 0 Å². The summed E-state index contributed by atoms with van der Waals surface area (Å²) < 4.78 is 0. The molecular formula is C14H13ClN2. The van der Waals surface area contributed by atoms with Crippen LogP contribution >= 0.6 is 0 Å². The van der Waals surface area contributed by atoms with Gasteiger partial charge in [-0.25, -0.2) is 9.97 Å². The average molecular weight is 245 g/mol. The van der Waals surface area contributed by atoms with Gasteiger partial charge in [-0.05, 0) is 25.1 Å². The van der Waals surface area contributed by atoms with Crippen molar-refractivity contribution in [3.05, 3.63) is 47.8 Å². The normalized spacial score (nSPS) is 10.5. The van der Waals surface area contributed by atoms with Gasteiger partial charge < -0.3 is 12.4 Å². The highest BCUT2D eigenvalue weighted by Gasteiger charge is 2.08. The van der Waals surface area contributed by atoms with Crippen LogP contribution in [-0.4, -0.2) is 4.98 Å². The molecule has 3 aromatic rings. The van der Waals surface area contributed by atoms with Crippen molar-refractivity contribution in [1.29, 1.82) is 0 Å². The molecule has 3 heteroatoms.